The van der Waals surface area contributed by atoms with Gasteiger partial charge in [0.1, 0.15) is 0 Å². The van der Waals surface area contributed by atoms with E-state index >= 15 is 0 Å². The minimum absolute atomic E-state index is 0.0425. The number of rotatable bonds is 6. The van der Waals surface area contributed by atoms with Gasteiger partial charge in [-0.05, 0) is 62.1 Å². The van der Waals surface area contributed by atoms with Gasteiger partial charge in [-0.25, -0.2) is 0 Å². The highest BCUT2D eigenvalue weighted by molar-refractivity contribution is 6.04. The van der Waals surface area contributed by atoms with Crippen molar-refractivity contribution in [2.24, 2.45) is 5.41 Å². The molecule has 0 bridgehead atoms. The van der Waals surface area contributed by atoms with Crippen LogP contribution >= 0.6 is 0 Å². The zero-order valence-electron chi connectivity index (χ0n) is 17.5. The van der Waals surface area contributed by atoms with Crippen molar-refractivity contribution in [2.45, 2.75) is 32.6 Å². The number of nitriles is 1. The summed E-state index contributed by atoms with van der Waals surface area (Å²) in [6, 6.07) is 15.9. The molecule has 1 aliphatic rings. The third-order valence-electron chi connectivity index (χ3n) is 5.39. The Kier molecular flexibility index (Phi) is 6.71. The number of hydrogen-bond donors (Lipinski definition) is 1. The van der Waals surface area contributed by atoms with Gasteiger partial charge >= 0.3 is 11.9 Å². The van der Waals surface area contributed by atoms with Crippen molar-refractivity contribution < 1.29 is 23.9 Å². The molecule has 0 spiro atoms. The molecule has 0 radical (unpaired) electrons. The van der Waals surface area contributed by atoms with E-state index in [1.807, 2.05) is 6.07 Å². The van der Waals surface area contributed by atoms with Gasteiger partial charge < -0.3 is 14.8 Å². The van der Waals surface area contributed by atoms with Gasteiger partial charge in [-0.2, -0.15) is 5.26 Å². The molecular formula is C24H24N2O5. The second-order valence-corrected chi connectivity index (χ2v) is 7.34. The van der Waals surface area contributed by atoms with E-state index in [1.165, 1.54) is 0 Å². The van der Waals surface area contributed by atoms with Crippen LogP contribution in [0.25, 0.3) is 0 Å². The largest absolute Gasteiger partial charge is 0.465 e. The Bertz CT molecular complexity index is 1010. The molecule has 7 nitrogen and oxygen atoms in total. The molecule has 0 aliphatic heterocycles. The van der Waals surface area contributed by atoms with Crippen molar-refractivity contribution in [3.8, 4) is 6.07 Å². The summed E-state index contributed by atoms with van der Waals surface area (Å²) in [4.78, 5) is 39.3. The number of carbonyl (C=O) groups is 3. The topological polar surface area (TPSA) is 105 Å². The monoisotopic (exact) mass is 420 g/mol. The lowest BCUT2D eigenvalue weighted by Gasteiger charge is -2.37. The van der Waals surface area contributed by atoms with E-state index in [4.69, 9.17) is 9.47 Å². The van der Waals surface area contributed by atoms with Gasteiger partial charge in [0.25, 0.3) is 0 Å². The highest BCUT2D eigenvalue weighted by Crippen LogP contribution is 2.45. The number of amides is 1. The van der Waals surface area contributed by atoms with Crippen molar-refractivity contribution in [1.82, 2.24) is 0 Å². The van der Waals surface area contributed by atoms with Crippen LogP contribution in [0.4, 0.5) is 5.69 Å². The van der Waals surface area contributed by atoms with Crippen LogP contribution in [0.1, 0.15) is 42.9 Å². The minimum Gasteiger partial charge on any atom is -0.465 e. The van der Waals surface area contributed by atoms with E-state index in [0.29, 0.717) is 22.4 Å². The number of esters is 2. The molecule has 1 amide bonds. The van der Waals surface area contributed by atoms with Crippen LogP contribution in [-0.2, 0) is 30.3 Å². The van der Waals surface area contributed by atoms with E-state index in [0.717, 1.165) is 0 Å². The molecule has 1 unspecified atom stereocenters. The number of para-hydroxylation sites is 1. The molecule has 1 atom stereocenters. The fraction of sp³-hybridized carbons (Fsp3) is 0.333. The number of fused-ring (bicyclic) bond motifs is 1. The first-order valence-corrected chi connectivity index (χ1v) is 10.2. The number of carbonyl (C=O) groups excluding carboxylic acids is 3. The molecule has 0 fully saturated rings. The molecule has 1 aliphatic carbocycles. The summed E-state index contributed by atoms with van der Waals surface area (Å²) in [7, 11) is 0. The Morgan fingerprint density at radius 3 is 2.29 bits per heavy atom. The number of benzene rings is 2. The predicted molar refractivity (Wildman–Crippen MR) is 113 cm³/mol. The molecular weight excluding hydrogens is 396 g/mol. The van der Waals surface area contributed by atoms with Crippen LogP contribution in [-0.4, -0.2) is 31.1 Å². The molecule has 3 rings (SSSR count). The first kappa shape index (κ1) is 22.0. The third-order valence-corrected chi connectivity index (χ3v) is 5.39. The van der Waals surface area contributed by atoms with Gasteiger partial charge in [-0.3, -0.25) is 14.4 Å². The van der Waals surface area contributed by atoms with Crippen LogP contribution in [0.2, 0.25) is 0 Å². The Hall–Kier alpha value is -3.66. The van der Waals surface area contributed by atoms with Gasteiger partial charge in [-0.15, -0.1) is 0 Å². The Labute approximate surface area is 181 Å². The van der Waals surface area contributed by atoms with Crippen molar-refractivity contribution in [3.05, 3.63) is 65.2 Å². The second-order valence-electron chi connectivity index (χ2n) is 7.34. The van der Waals surface area contributed by atoms with Crippen molar-refractivity contribution >= 4 is 23.5 Å². The average Bonchev–Trinajstić information content (AvgIpc) is 2.78. The quantitative estimate of drug-likeness (QED) is 0.568. The molecule has 0 saturated heterocycles. The van der Waals surface area contributed by atoms with Gasteiger partial charge in [0, 0.05) is 5.69 Å². The molecule has 2 aromatic carbocycles. The molecule has 0 aromatic heterocycles. The zero-order chi connectivity index (χ0) is 22.4. The lowest BCUT2D eigenvalue weighted by molar-refractivity contribution is -0.173. The molecule has 2 aromatic rings. The van der Waals surface area contributed by atoms with Crippen LogP contribution in [0.5, 0.6) is 0 Å². The first-order valence-electron chi connectivity index (χ1n) is 10.2. The van der Waals surface area contributed by atoms with Gasteiger partial charge in [-0.1, -0.05) is 24.3 Å². The van der Waals surface area contributed by atoms with Crippen LogP contribution < -0.4 is 5.32 Å². The fourth-order valence-corrected chi connectivity index (χ4v) is 3.92. The summed E-state index contributed by atoms with van der Waals surface area (Å²) < 4.78 is 10.5. The summed E-state index contributed by atoms with van der Waals surface area (Å²) in [5.74, 6) is -2.63. The smallest absolute Gasteiger partial charge is 0.323 e. The molecule has 0 saturated carbocycles. The Morgan fingerprint density at radius 2 is 1.71 bits per heavy atom. The van der Waals surface area contributed by atoms with Crippen molar-refractivity contribution in [3.63, 3.8) is 0 Å². The number of hydrogen-bond acceptors (Lipinski definition) is 6. The van der Waals surface area contributed by atoms with Crippen LogP contribution in [0, 0.1) is 16.7 Å². The molecule has 31 heavy (non-hydrogen) atoms. The molecule has 1 N–H and O–H groups in total. The molecule has 7 heteroatoms. The summed E-state index contributed by atoms with van der Waals surface area (Å²) in [5.41, 5.74) is 0.618. The lowest BCUT2D eigenvalue weighted by Crippen LogP contribution is -2.48. The predicted octanol–water partition coefficient (Wildman–Crippen LogP) is 3.34. The summed E-state index contributed by atoms with van der Waals surface area (Å²) in [5, 5.41) is 12.2. The summed E-state index contributed by atoms with van der Waals surface area (Å²) in [6.07, 6.45) is -0.0635. The zero-order valence-corrected chi connectivity index (χ0v) is 17.5. The normalized spacial score (nSPS) is 16.4. The minimum atomic E-state index is -1.63. The van der Waals surface area contributed by atoms with E-state index in [-0.39, 0.29) is 32.0 Å². The number of ether oxygens (including phenoxy) is 2. The van der Waals surface area contributed by atoms with Gasteiger partial charge in [0.05, 0.1) is 30.8 Å². The van der Waals surface area contributed by atoms with Crippen LogP contribution in [0.15, 0.2) is 48.5 Å². The van der Waals surface area contributed by atoms with E-state index < -0.39 is 23.3 Å². The summed E-state index contributed by atoms with van der Waals surface area (Å²) in [6.45, 7) is 3.51. The average molecular weight is 420 g/mol. The van der Waals surface area contributed by atoms with Gasteiger partial charge in [0.2, 0.25) is 5.91 Å². The van der Waals surface area contributed by atoms with E-state index in [1.54, 1.807) is 56.3 Å². The fourth-order valence-electron chi connectivity index (χ4n) is 3.92. The number of anilines is 1. The summed E-state index contributed by atoms with van der Waals surface area (Å²) >= 11 is 0. The molecule has 160 valence electrons. The third kappa shape index (κ3) is 4.43. The highest BCUT2D eigenvalue weighted by atomic mass is 16.6. The maximum Gasteiger partial charge on any atom is 0.323 e. The Morgan fingerprint density at radius 1 is 1.06 bits per heavy atom. The maximum absolute atomic E-state index is 13.3. The standard InChI is InChI=1S/C24H24N2O5/c1-3-30-22(28)24(23(29)31-4-2)13-17-11-10-16(15-25)12-19(17)20(14-24)21(27)26-18-8-6-5-7-9-18/h5-12,20H,3-4,13-14H2,1-2H3,(H,26,27). The maximum atomic E-state index is 13.3. The highest BCUT2D eigenvalue weighted by Gasteiger charge is 2.54. The number of nitrogens with one attached hydrogen (secondary N) is 1. The van der Waals surface area contributed by atoms with Crippen LogP contribution in [0.3, 0.4) is 0 Å². The van der Waals surface area contributed by atoms with Crippen molar-refractivity contribution in [2.75, 3.05) is 18.5 Å². The number of nitrogens with zero attached hydrogens (tertiary/aromatic N) is 1. The second kappa shape index (κ2) is 9.43. The lowest BCUT2D eigenvalue weighted by atomic mass is 9.66. The van der Waals surface area contributed by atoms with Gasteiger partial charge in [0.15, 0.2) is 5.41 Å². The molecule has 0 heterocycles. The Balaban J connectivity index is 2.09. The first-order chi connectivity index (χ1) is 14.9. The van der Waals surface area contributed by atoms with Crippen molar-refractivity contribution in [1.29, 1.82) is 5.26 Å². The SMILES string of the molecule is CCOC(=O)C1(C(=O)OCC)Cc2ccc(C#N)cc2C(C(=O)Nc2ccccc2)C1. The van der Waals surface area contributed by atoms with E-state index in [9.17, 15) is 19.6 Å². The van der Waals surface area contributed by atoms with E-state index in [2.05, 4.69) is 11.4 Å².